The van der Waals surface area contributed by atoms with Gasteiger partial charge in [0.25, 0.3) is 0 Å². The molecule has 82 valence electrons. The molecule has 0 amide bonds. The molecule has 0 spiro atoms. The molecule has 1 aliphatic rings. The predicted molar refractivity (Wildman–Crippen MR) is 53.0 cm³/mol. The SMILES string of the molecule is CC(C)OC(=O)COCC1CCNC1. The van der Waals surface area contributed by atoms with Crippen molar-refractivity contribution >= 4 is 5.97 Å². The monoisotopic (exact) mass is 201 g/mol. The quantitative estimate of drug-likeness (QED) is 0.660. The van der Waals surface area contributed by atoms with Gasteiger partial charge in [-0.05, 0) is 32.7 Å². The van der Waals surface area contributed by atoms with Crippen molar-refractivity contribution in [2.75, 3.05) is 26.3 Å². The Hall–Kier alpha value is -0.610. The smallest absolute Gasteiger partial charge is 0.332 e. The topological polar surface area (TPSA) is 47.6 Å². The van der Waals surface area contributed by atoms with Crippen LogP contribution in [0.5, 0.6) is 0 Å². The van der Waals surface area contributed by atoms with Gasteiger partial charge in [0.2, 0.25) is 0 Å². The van der Waals surface area contributed by atoms with Gasteiger partial charge in [0.15, 0.2) is 0 Å². The van der Waals surface area contributed by atoms with Crippen LogP contribution in [-0.2, 0) is 14.3 Å². The van der Waals surface area contributed by atoms with Crippen LogP contribution >= 0.6 is 0 Å². The van der Waals surface area contributed by atoms with Crippen molar-refractivity contribution in [3.8, 4) is 0 Å². The zero-order valence-corrected chi connectivity index (χ0v) is 8.91. The Balaban J connectivity index is 1.99. The van der Waals surface area contributed by atoms with Crippen LogP contribution < -0.4 is 5.32 Å². The molecule has 1 atom stereocenters. The van der Waals surface area contributed by atoms with Crippen molar-refractivity contribution in [2.24, 2.45) is 5.92 Å². The molecule has 0 saturated carbocycles. The third kappa shape index (κ3) is 4.58. The van der Waals surface area contributed by atoms with Crippen LogP contribution in [-0.4, -0.2) is 38.4 Å². The van der Waals surface area contributed by atoms with Gasteiger partial charge in [0, 0.05) is 6.54 Å². The largest absolute Gasteiger partial charge is 0.461 e. The van der Waals surface area contributed by atoms with Gasteiger partial charge in [-0.1, -0.05) is 0 Å². The number of carbonyl (C=O) groups excluding carboxylic acids is 1. The van der Waals surface area contributed by atoms with E-state index in [1.807, 2.05) is 13.8 Å². The maximum Gasteiger partial charge on any atom is 0.332 e. The van der Waals surface area contributed by atoms with E-state index >= 15 is 0 Å². The summed E-state index contributed by atoms with van der Waals surface area (Å²) in [7, 11) is 0. The summed E-state index contributed by atoms with van der Waals surface area (Å²) < 4.78 is 10.2. The number of hydrogen-bond acceptors (Lipinski definition) is 4. The third-order valence-electron chi connectivity index (χ3n) is 2.10. The third-order valence-corrected chi connectivity index (χ3v) is 2.10. The molecular weight excluding hydrogens is 182 g/mol. The fourth-order valence-electron chi connectivity index (χ4n) is 1.46. The van der Waals surface area contributed by atoms with E-state index in [1.54, 1.807) is 0 Å². The zero-order valence-electron chi connectivity index (χ0n) is 8.91. The fourth-order valence-corrected chi connectivity index (χ4v) is 1.46. The first-order valence-electron chi connectivity index (χ1n) is 5.16. The maximum atomic E-state index is 11.1. The van der Waals surface area contributed by atoms with E-state index in [0.29, 0.717) is 12.5 Å². The van der Waals surface area contributed by atoms with Crippen LogP contribution in [0, 0.1) is 5.92 Å². The van der Waals surface area contributed by atoms with E-state index in [0.717, 1.165) is 19.5 Å². The predicted octanol–water partition coefficient (Wildman–Crippen LogP) is 0.564. The summed E-state index contributed by atoms with van der Waals surface area (Å²) in [5, 5.41) is 3.25. The summed E-state index contributed by atoms with van der Waals surface area (Å²) in [6.45, 7) is 6.45. The van der Waals surface area contributed by atoms with Gasteiger partial charge in [-0.15, -0.1) is 0 Å². The first-order chi connectivity index (χ1) is 6.68. The van der Waals surface area contributed by atoms with E-state index in [4.69, 9.17) is 9.47 Å². The molecule has 4 nitrogen and oxygen atoms in total. The van der Waals surface area contributed by atoms with Crippen molar-refractivity contribution in [1.82, 2.24) is 5.32 Å². The molecule has 0 aromatic heterocycles. The molecule has 1 saturated heterocycles. The second-order valence-corrected chi connectivity index (χ2v) is 3.91. The van der Waals surface area contributed by atoms with Crippen molar-refractivity contribution < 1.29 is 14.3 Å². The van der Waals surface area contributed by atoms with E-state index in [9.17, 15) is 4.79 Å². The lowest BCUT2D eigenvalue weighted by molar-refractivity contribution is -0.153. The molecule has 0 radical (unpaired) electrons. The highest BCUT2D eigenvalue weighted by Gasteiger charge is 2.15. The molecule has 0 bridgehead atoms. The summed E-state index contributed by atoms with van der Waals surface area (Å²) in [6, 6.07) is 0. The average molecular weight is 201 g/mol. The van der Waals surface area contributed by atoms with Crippen LogP contribution in [0.15, 0.2) is 0 Å². The van der Waals surface area contributed by atoms with Crippen LogP contribution in [0.25, 0.3) is 0 Å². The molecular formula is C10H19NO3. The summed E-state index contributed by atoms with van der Waals surface area (Å²) >= 11 is 0. The minimum atomic E-state index is -0.272. The lowest BCUT2D eigenvalue weighted by atomic mass is 10.1. The maximum absolute atomic E-state index is 11.1. The van der Waals surface area contributed by atoms with Crippen LogP contribution in [0.1, 0.15) is 20.3 Å². The number of esters is 1. The van der Waals surface area contributed by atoms with Crippen LogP contribution in [0.2, 0.25) is 0 Å². The molecule has 1 unspecified atom stereocenters. The van der Waals surface area contributed by atoms with Gasteiger partial charge in [-0.3, -0.25) is 0 Å². The summed E-state index contributed by atoms with van der Waals surface area (Å²) in [6.07, 6.45) is 1.08. The molecule has 14 heavy (non-hydrogen) atoms. The second kappa shape index (κ2) is 5.98. The highest BCUT2D eigenvalue weighted by Crippen LogP contribution is 2.07. The lowest BCUT2D eigenvalue weighted by Gasteiger charge is -2.10. The van der Waals surface area contributed by atoms with Crippen LogP contribution in [0.4, 0.5) is 0 Å². The first kappa shape index (κ1) is 11.5. The fraction of sp³-hybridized carbons (Fsp3) is 0.900. The van der Waals surface area contributed by atoms with Crippen molar-refractivity contribution in [1.29, 1.82) is 0 Å². The van der Waals surface area contributed by atoms with E-state index < -0.39 is 0 Å². The summed E-state index contributed by atoms with van der Waals surface area (Å²) in [4.78, 5) is 11.1. The molecule has 0 aromatic carbocycles. The Labute approximate surface area is 85.0 Å². The lowest BCUT2D eigenvalue weighted by Crippen LogP contribution is -2.20. The van der Waals surface area contributed by atoms with Crippen molar-refractivity contribution in [3.63, 3.8) is 0 Å². The molecule has 1 aliphatic heterocycles. The zero-order chi connectivity index (χ0) is 10.4. The Morgan fingerprint density at radius 3 is 2.93 bits per heavy atom. The Morgan fingerprint density at radius 1 is 1.57 bits per heavy atom. The number of carbonyl (C=O) groups is 1. The number of hydrogen-bond donors (Lipinski definition) is 1. The highest BCUT2D eigenvalue weighted by molar-refractivity contribution is 5.70. The van der Waals surface area contributed by atoms with Crippen molar-refractivity contribution in [2.45, 2.75) is 26.4 Å². The summed E-state index contributed by atoms with van der Waals surface area (Å²) in [5.74, 6) is 0.285. The average Bonchev–Trinajstić information content (AvgIpc) is 2.55. The van der Waals surface area contributed by atoms with Gasteiger partial charge in [-0.2, -0.15) is 0 Å². The molecule has 1 N–H and O–H groups in total. The van der Waals surface area contributed by atoms with Gasteiger partial charge in [-0.25, -0.2) is 4.79 Å². The molecule has 1 heterocycles. The molecule has 0 aromatic rings. The minimum Gasteiger partial charge on any atom is -0.461 e. The van der Waals surface area contributed by atoms with Crippen molar-refractivity contribution in [3.05, 3.63) is 0 Å². The Kier molecular flexibility index (Phi) is 4.90. The molecule has 1 rings (SSSR count). The van der Waals surface area contributed by atoms with E-state index in [1.165, 1.54) is 0 Å². The number of nitrogens with one attached hydrogen (secondary N) is 1. The highest BCUT2D eigenvalue weighted by atomic mass is 16.6. The normalized spacial score (nSPS) is 21.5. The standard InChI is InChI=1S/C10H19NO3/c1-8(2)14-10(12)7-13-6-9-3-4-11-5-9/h8-9,11H,3-7H2,1-2H3. The van der Waals surface area contributed by atoms with Gasteiger partial charge < -0.3 is 14.8 Å². The number of ether oxygens (including phenoxy) is 2. The molecule has 1 fully saturated rings. The minimum absolute atomic E-state index is 0.0563. The Bertz CT molecular complexity index is 176. The molecule has 4 heteroatoms. The van der Waals surface area contributed by atoms with Gasteiger partial charge in [0.1, 0.15) is 6.61 Å². The number of rotatable bonds is 5. The van der Waals surface area contributed by atoms with Gasteiger partial charge >= 0.3 is 5.97 Å². The Morgan fingerprint density at radius 2 is 2.36 bits per heavy atom. The van der Waals surface area contributed by atoms with Gasteiger partial charge in [0.05, 0.1) is 12.7 Å². The first-order valence-corrected chi connectivity index (χ1v) is 5.16. The van der Waals surface area contributed by atoms with Crippen LogP contribution in [0.3, 0.4) is 0 Å². The van der Waals surface area contributed by atoms with E-state index in [2.05, 4.69) is 5.32 Å². The summed E-state index contributed by atoms with van der Waals surface area (Å²) in [5.41, 5.74) is 0. The second-order valence-electron chi connectivity index (χ2n) is 3.91. The molecule has 0 aliphatic carbocycles. The van der Waals surface area contributed by atoms with E-state index in [-0.39, 0.29) is 18.7 Å².